The molecule has 0 radical (unpaired) electrons. The van der Waals surface area contributed by atoms with Crippen LogP contribution in [0.5, 0.6) is 0 Å². The van der Waals surface area contributed by atoms with Crippen LogP contribution in [0.4, 0.5) is 4.39 Å². The van der Waals surface area contributed by atoms with Crippen LogP contribution in [-0.4, -0.2) is 0 Å². The number of rotatable bonds is 3. The smallest absolute Gasteiger partial charge is 0.146 e. The lowest BCUT2D eigenvalue weighted by Crippen LogP contribution is -1.99. The van der Waals surface area contributed by atoms with Crippen LogP contribution in [0.1, 0.15) is 16.5 Å². The third kappa shape index (κ3) is 3.04. The minimum Gasteiger partial charge on any atom is -0.205 e. The van der Waals surface area contributed by atoms with Crippen molar-refractivity contribution in [3.63, 3.8) is 0 Å². The maximum atomic E-state index is 14.0. The molecular formula is C18H13Cl2F. The fraction of sp³-hybridized carbons (Fsp3) is 0.111. The Bertz CT molecular complexity index is 783. The van der Waals surface area contributed by atoms with Crippen LogP contribution in [0.2, 0.25) is 5.02 Å². The van der Waals surface area contributed by atoms with Crippen molar-refractivity contribution in [3.8, 4) is 0 Å². The topological polar surface area (TPSA) is 0 Å². The van der Waals surface area contributed by atoms with Gasteiger partial charge in [-0.15, -0.1) is 11.6 Å². The molecule has 0 N–H and O–H groups in total. The maximum Gasteiger partial charge on any atom is 0.146 e. The molecule has 0 saturated heterocycles. The first-order valence-corrected chi connectivity index (χ1v) is 7.52. The highest BCUT2D eigenvalue weighted by molar-refractivity contribution is 6.31. The molecule has 3 heteroatoms. The molecular weight excluding hydrogens is 306 g/mol. The third-order valence-electron chi connectivity index (χ3n) is 3.55. The molecule has 0 fully saturated rings. The monoisotopic (exact) mass is 318 g/mol. The predicted octanol–water partition coefficient (Wildman–Crippen LogP) is 6.15. The molecule has 1 unspecified atom stereocenters. The van der Waals surface area contributed by atoms with Crippen LogP contribution in [-0.2, 0) is 6.42 Å². The average Bonchev–Trinajstić information content (AvgIpc) is 2.50. The summed E-state index contributed by atoms with van der Waals surface area (Å²) in [4.78, 5) is 0. The van der Waals surface area contributed by atoms with E-state index in [0.717, 1.165) is 10.9 Å². The van der Waals surface area contributed by atoms with E-state index in [4.69, 9.17) is 23.2 Å². The summed E-state index contributed by atoms with van der Waals surface area (Å²) >= 11 is 12.2. The number of halogens is 3. The minimum absolute atomic E-state index is 0.108. The molecule has 0 amide bonds. The standard InChI is InChI=1S/C18H13Cl2F/c19-16-7-3-6-15(18(16)21)17(20)11-12-8-9-13-4-1-2-5-14(13)10-12/h1-10,17H,11H2. The molecule has 0 aromatic heterocycles. The molecule has 21 heavy (non-hydrogen) atoms. The lowest BCUT2D eigenvalue weighted by Gasteiger charge is -2.12. The zero-order valence-electron chi connectivity index (χ0n) is 11.2. The SMILES string of the molecule is Fc1c(Cl)cccc1C(Cl)Cc1ccc2ccccc2c1. The molecule has 0 spiro atoms. The fourth-order valence-corrected chi connectivity index (χ4v) is 2.97. The zero-order valence-corrected chi connectivity index (χ0v) is 12.7. The van der Waals surface area contributed by atoms with E-state index in [2.05, 4.69) is 24.3 Å². The maximum absolute atomic E-state index is 14.0. The highest BCUT2D eigenvalue weighted by atomic mass is 35.5. The van der Waals surface area contributed by atoms with E-state index in [-0.39, 0.29) is 5.02 Å². The summed E-state index contributed by atoms with van der Waals surface area (Å²) < 4.78 is 14.0. The Labute approximate surface area is 133 Å². The van der Waals surface area contributed by atoms with Gasteiger partial charge in [-0.2, -0.15) is 0 Å². The van der Waals surface area contributed by atoms with E-state index in [0.29, 0.717) is 12.0 Å². The molecule has 1 atom stereocenters. The second-order valence-electron chi connectivity index (χ2n) is 5.00. The lowest BCUT2D eigenvalue weighted by molar-refractivity contribution is 0.606. The van der Waals surface area contributed by atoms with Crippen molar-refractivity contribution in [3.05, 3.63) is 82.6 Å². The quantitative estimate of drug-likeness (QED) is 0.508. The molecule has 0 nitrogen and oxygen atoms in total. The highest BCUT2D eigenvalue weighted by Crippen LogP contribution is 2.31. The molecule has 106 valence electrons. The van der Waals surface area contributed by atoms with Crippen LogP contribution < -0.4 is 0 Å². The first kappa shape index (κ1) is 14.4. The van der Waals surface area contributed by atoms with E-state index in [1.54, 1.807) is 12.1 Å². The molecule has 3 rings (SSSR count). The van der Waals surface area contributed by atoms with Gasteiger partial charge in [0.05, 0.1) is 10.4 Å². The first-order valence-electron chi connectivity index (χ1n) is 6.71. The van der Waals surface area contributed by atoms with Gasteiger partial charge in [-0.1, -0.05) is 66.2 Å². The Kier molecular flexibility index (Phi) is 4.14. The Morgan fingerprint density at radius 3 is 2.48 bits per heavy atom. The van der Waals surface area contributed by atoms with Crippen molar-refractivity contribution in [2.45, 2.75) is 11.8 Å². The third-order valence-corrected chi connectivity index (χ3v) is 4.23. The fourth-order valence-electron chi connectivity index (χ4n) is 2.45. The van der Waals surface area contributed by atoms with Gasteiger partial charge in [-0.05, 0) is 28.8 Å². The second-order valence-corrected chi connectivity index (χ2v) is 5.93. The Balaban J connectivity index is 1.89. The van der Waals surface area contributed by atoms with Gasteiger partial charge in [-0.3, -0.25) is 0 Å². The molecule has 0 bridgehead atoms. The van der Waals surface area contributed by atoms with E-state index in [1.165, 1.54) is 11.5 Å². The van der Waals surface area contributed by atoms with Crippen molar-refractivity contribution in [1.29, 1.82) is 0 Å². The lowest BCUT2D eigenvalue weighted by atomic mass is 10.0. The van der Waals surface area contributed by atoms with Crippen molar-refractivity contribution in [1.82, 2.24) is 0 Å². The molecule has 0 heterocycles. The van der Waals surface area contributed by atoms with Crippen molar-refractivity contribution in [2.75, 3.05) is 0 Å². The first-order chi connectivity index (χ1) is 10.1. The molecule has 0 saturated carbocycles. The summed E-state index contributed by atoms with van der Waals surface area (Å²) in [5.41, 5.74) is 1.52. The van der Waals surface area contributed by atoms with E-state index >= 15 is 0 Å². The minimum atomic E-state index is -0.440. The molecule has 3 aromatic rings. The van der Waals surface area contributed by atoms with Crippen molar-refractivity contribution < 1.29 is 4.39 Å². The summed E-state index contributed by atoms with van der Waals surface area (Å²) in [6.45, 7) is 0. The largest absolute Gasteiger partial charge is 0.205 e. The van der Waals surface area contributed by atoms with E-state index < -0.39 is 11.2 Å². The van der Waals surface area contributed by atoms with Crippen LogP contribution in [0.15, 0.2) is 60.7 Å². The summed E-state index contributed by atoms with van der Waals surface area (Å²) in [5.74, 6) is -0.431. The normalized spacial score (nSPS) is 12.5. The van der Waals surface area contributed by atoms with Gasteiger partial charge >= 0.3 is 0 Å². The predicted molar refractivity (Wildman–Crippen MR) is 87.7 cm³/mol. The summed E-state index contributed by atoms with van der Waals surface area (Å²) in [7, 11) is 0. The van der Waals surface area contributed by atoms with Gasteiger partial charge in [0.25, 0.3) is 0 Å². The number of hydrogen-bond acceptors (Lipinski definition) is 0. The Morgan fingerprint density at radius 1 is 0.905 bits per heavy atom. The van der Waals surface area contributed by atoms with Crippen molar-refractivity contribution in [2.24, 2.45) is 0 Å². The van der Waals surface area contributed by atoms with Crippen LogP contribution in [0.25, 0.3) is 10.8 Å². The zero-order chi connectivity index (χ0) is 14.8. The molecule has 3 aromatic carbocycles. The van der Waals surface area contributed by atoms with Gasteiger partial charge in [0.15, 0.2) is 0 Å². The second kappa shape index (κ2) is 6.05. The molecule has 0 aliphatic carbocycles. The van der Waals surface area contributed by atoms with Crippen LogP contribution >= 0.6 is 23.2 Å². The number of fused-ring (bicyclic) bond motifs is 1. The van der Waals surface area contributed by atoms with Gasteiger partial charge in [0.2, 0.25) is 0 Å². The number of benzene rings is 3. The number of alkyl halides is 1. The van der Waals surface area contributed by atoms with Gasteiger partial charge in [0.1, 0.15) is 5.82 Å². The molecule has 0 aliphatic rings. The molecule has 0 aliphatic heterocycles. The van der Waals surface area contributed by atoms with E-state index in [1.807, 2.05) is 18.2 Å². The van der Waals surface area contributed by atoms with Gasteiger partial charge in [0, 0.05) is 5.56 Å². The Morgan fingerprint density at radius 2 is 1.67 bits per heavy atom. The van der Waals surface area contributed by atoms with Gasteiger partial charge in [-0.25, -0.2) is 4.39 Å². The summed E-state index contributed by atoms with van der Waals surface area (Å²) in [5, 5.41) is 2.01. The van der Waals surface area contributed by atoms with Crippen molar-refractivity contribution >= 4 is 34.0 Å². The van der Waals surface area contributed by atoms with Gasteiger partial charge < -0.3 is 0 Å². The Hall–Kier alpha value is -1.57. The highest BCUT2D eigenvalue weighted by Gasteiger charge is 2.15. The van der Waals surface area contributed by atoms with Crippen LogP contribution in [0, 0.1) is 5.82 Å². The average molecular weight is 319 g/mol. The summed E-state index contributed by atoms with van der Waals surface area (Å²) in [6, 6.07) is 19.2. The van der Waals surface area contributed by atoms with Crippen LogP contribution in [0.3, 0.4) is 0 Å². The van der Waals surface area contributed by atoms with E-state index in [9.17, 15) is 4.39 Å². The summed E-state index contributed by atoms with van der Waals surface area (Å²) in [6.07, 6.45) is 0.559. The number of hydrogen-bond donors (Lipinski definition) is 0.